The predicted molar refractivity (Wildman–Crippen MR) is 43.9 cm³/mol. The lowest BCUT2D eigenvalue weighted by Crippen LogP contribution is -2.01. The molecule has 10 heavy (non-hydrogen) atoms. The molecule has 0 aliphatic carbocycles. The van der Waals surface area contributed by atoms with Gasteiger partial charge >= 0.3 is 0 Å². The Labute approximate surface area is 63.1 Å². The quantitative estimate of drug-likeness (QED) is 0.548. The molecule has 1 unspecified atom stereocenters. The molecular weight excluding hydrogens is 124 g/mol. The molecule has 0 aromatic carbocycles. The first-order chi connectivity index (χ1) is 4.57. The fraction of sp³-hybridized carbons (Fsp3) is 0.667. The number of ketones is 1. The number of carbonyl (C=O) groups is 1. The Morgan fingerprint density at radius 2 is 2.10 bits per heavy atom. The standard InChI is InChI=1S/C9H16O/c1-5-7(2)8(3)6-9(4)10/h7H,3,5-6H2,1-2,4H3. The lowest BCUT2D eigenvalue weighted by Gasteiger charge is -2.09. The summed E-state index contributed by atoms with van der Waals surface area (Å²) in [5.74, 6) is 0.703. The van der Waals surface area contributed by atoms with Gasteiger partial charge in [-0.3, -0.25) is 4.79 Å². The monoisotopic (exact) mass is 140 g/mol. The van der Waals surface area contributed by atoms with Crippen molar-refractivity contribution in [2.24, 2.45) is 5.92 Å². The summed E-state index contributed by atoms with van der Waals surface area (Å²) in [6.07, 6.45) is 1.63. The lowest BCUT2D eigenvalue weighted by molar-refractivity contribution is -0.116. The Morgan fingerprint density at radius 3 is 2.40 bits per heavy atom. The van der Waals surface area contributed by atoms with Crippen molar-refractivity contribution in [1.29, 1.82) is 0 Å². The first kappa shape index (κ1) is 9.41. The van der Waals surface area contributed by atoms with E-state index in [-0.39, 0.29) is 5.78 Å². The second kappa shape index (κ2) is 4.26. The number of hydrogen-bond donors (Lipinski definition) is 0. The van der Waals surface area contributed by atoms with Crippen molar-refractivity contribution >= 4 is 5.78 Å². The van der Waals surface area contributed by atoms with Gasteiger partial charge in [-0.25, -0.2) is 0 Å². The molecule has 0 bridgehead atoms. The van der Waals surface area contributed by atoms with Gasteiger partial charge < -0.3 is 0 Å². The zero-order valence-corrected chi connectivity index (χ0v) is 7.11. The molecule has 58 valence electrons. The smallest absolute Gasteiger partial charge is 0.133 e. The number of Topliss-reactive ketones (excluding diaryl/α,β-unsaturated/α-hetero) is 1. The molecule has 0 aliphatic rings. The van der Waals surface area contributed by atoms with Crippen molar-refractivity contribution in [2.45, 2.75) is 33.6 Å². The summed E-state index contributed by atoms with van der Waals surface area (Å²) in [6.45, 7) is 9.66. The number of hydrogen-bond acceptors (Lipinski definition) is 1. The van der Waals surface area contributed by atoms with Gasteiger partial charge in [-0.2, -0.15) is 0 Å². The molecule has 0 fully saturated rings. The van der Waals surface area contributed by atoms with Crippen LogP contribution >= 0.6 is 0 Å². The van der Waals surface area contributed by atoms with Crippen LogP contribution in [0, 0.1) is 5.92 Å². The fourth-order valence-electron chi connectivity index (χ4n) is 0.783. The van der Waals surface area contributed by atoms with E-state index in [0.717, 1.165) is 12.0 Å². The molecule has 1 heteroatoms. The van der Waals surface area contributed by atoms with Gasteiger partial charge in [0.2, 0.25) is 0 Å². The normalized spacial score (nSPS) is 12.7. The molecule has 0 spiro atoms. The van der Waals surface area contributed by atoms with Crippen molar-refractivity contribution in [2.75, 3.05) is 0 Å². The molecule has 0 N–H and O–H groups in total. The summed E-state index contributed by atoms with van der Waals surface area (Å²) in [5.41, 5.74) is 1.06. The van der Waals surface area contributed by atoms with Gasteiger partial charge in [0, 0.05) is 6.42 Å². The third-order valence-electron chi connectivity index (χ3n) is 1.79. The van der Waals surface area contributed by atoms with Crippen LogP contribution in [0.4, 0.5) is 0 Å². The minimum Gasteiger partial charge on any atom is -0.300 e. The molecule has 0 aromatic heterocycles. The number of allylic oxidation sites excluding steroid dienone is 1. The molecule has 0 saturated carbocycles. The van der Waals surface area contributed by atoms with Crippen LogP contribution < -0.4 is 0 Å². The second-order valence-electron chi connectivity index (χ2n) is 2.85. The molecule has 1 atom stereocenters. The van der Waals surface area contributed by atoms with Crippen molar-refractivity contribution in [1.82, 2.24) is 0 Å². The summed E-state index contributed by atoms with van der Waals surface area (Å²) < 4.78 is 0. The van der Waals surface area contributed by atoms with Crippen molar-refractivity contribution in [3.8, 4) is 0 Å². The highest BCUT2D eigenvalue weighted by atomic mass is 16.1. The summed E-state index contributed by atoms with van der Waals surface area (Å²) >= 11 is 0. The van der Waals surface area contributed by atoms with Gasteiger partial charge in [0.05, 0.1) is 0 Å². The summed E-state index contributed by atoms with van der Waals surface area (Å²) in [7, 11) is 0. The van der Waals surface area contributed by atoms with E-state index in [9.17, 15) is 4.79 Å². The third-order valence-corrected chi connectivity index (χ3v) is 1.79. The Kier molecular flexibility index (Phi) is 4.01. The van der Waals surface area contributed by atoms with E-state index in [1.165, 1.54) is 0 Å². The molecule has 1 nitrogen and oxygen atoms in total. The fourth-order valence-corrected chi connectivity index (χ4v) is 0.783. The Bertz CT molecular complexity index is 136. The Hall–Kier alpha value is -0.590. The zero-order valence-electron chi connectivity index (χ0n) is 7.11. The van der Waals surface area contributed by atoms with Gasteiger partial charge in [0.25, 0.3) is 0 Å². The van der Waals surface area contributed by atoms with Crippen molar-refractivity contribution < 1.29 is 4.79 Å². The van der Waals surface area contributed by atoms with E-state index in [4.69, 9.17) is 0 Å². The molecule has 0 aromatic rings. The van der Waals surface area contributed by atoms with Crippen LogP contribution in [0.25, 0.3) is 0 Å². The Balaban J connectivity index is 3.73. The third kappa shape index (κ3) is 3.44. The summed E-state index contributed by atoms with van der Waals surface area (Å²) in [6, 6.07) is 0. The maximum Gasteiger partial charge on any atom is 0.133 e. The topological polar surface area (TPSA) is 17.1 Å². The highest BCUT2D eigenvalue weighted by Crippen LogP contribution is 2.15. The van der Waals surface area contributed by atoms with E-state index < -0.39 is 0 Å². The van der Waals surface area contributed by atoms with Crippen LogP contribution in [-0.4, -0.2) is 5.78 Å². The second-order valence-corrected chi connectivity index (χ2v) is 2.85. The molecule has 0 rings (SSSR count). The minimum atomic E-state index is 0.213. The average molecular weight is 140 g/mol. The highest BCUT2D eigenvalue weighted by Gasteiger charge is 2.05. The molecular formula is C9H16O. The first-order valence-electron chi connectivity index (χ1n) is 3.75. The SMILES string of the molecule is C=C(CC(C)=O)C(C)CC. The number of rotatable bonds is 4. The molecule has 0 radical (unpaired) electrons. The van der Waals surface area contributed by atoms with Gasteiger partial charge in [0.1, 0.15) is 5.78 Å². The van der Waals surface area contributed by atoms with Crippen LogP contribution in [0.5, 0.6) is 0 Å². The largest absolute Gasteiger partial charge is 0.300 e. The highest BCUT2D eigenvalue weighted by molar-refractivity contribution is 5.78. The van der Waals surface area contributed by atoms with E-state index >= 15 is 0 Å². The van der Waals surface area contributed by atoms with E-state index in [2.05, 4.69) is 20.4 Å². The average Bonchev–Trinajstić information content (AvgIpc) is 1.85. The van der Waals surface area contributed by atoms with Gasteiger partial charge in [0.15, 0.2) is 0 Å². The zero-order chi connectivity index (χ0) is 8.15. The lowest BCUT2D eigenvalue weighted by atomic mass is 9.96. The maximum atomic E-state index is 10.6. The maximum absolute atomic E-state index is 10.6. The van der Waals surface area contributed by atoms with Gasteiger partial charge in [-0.05, 0) is 19.3 Å². The predicted octanol–water partition coefficient (Wildman–Crippen LogP) is 2.57. The van der Waals surface area contributed by atoms with Gasteiger partial charge in [-0.15, -0.1) is 0 Å². The molecule has 0 heterocycles. The van der Waals surface area contributed by atoms with Crippen LogP contribution in [0.3, 0.4) is 0 Å². The van der Waals surface area contributed by atoms with E-state index in [1.54, 1.807) is 6.92 Å². The van der Waals surface area contributed by atoms with Crippen molar-refractivity contribution in [3.05, 3.63) is 12.2 Å². The van der Waals surface area contributed by atoms with Crippen LogP contribution in [0.2, 0.25) is 0 Å². The van der Waals surface area contributed by atoms with Crippen LogP contribution in [0.1, 0.15) is 33.6 Å². The van der Waals surface area contributed by atoms with Crippen molar-refractivity contribution in [3.63, 3.8) is 0 Å². The summed E-state index contributed by atoms with van der Waals surface area (Å²) in [4.78, 5) is 10.6. The van der Waals surface area contributed by atoms with E-state index in [0.29, 0.717) is 12.3 Å². The summed E-state index contributed by atoms with van der Waals surface area (Å²) in [5, 5.41) is 0. The molecule has 0 saturated heterocycles. The Morgan fingerprint density at radius 1 is 1.60 bits per heavy atom. The molecule has 0 aliphatic heterocycles. The number of carbonyl (C=O) groups excluding carboxylic acids is 1. The molecule has 0 amide bonds. The van der Waals surface area contributed by atoms with Gasteiger partial charge in [-0.1, -0.05) is 26.0 Å². The van der Waals surface area contributed by atoms with Crippen LogP contribution in [0.15, 0.2) is 12.2 Å². The van der Waals surface area contributed by atoms with E-state index in [1.807, 2.05) is 0 Å². The first-order valence-corrected chi connectivity index (χ1v) is 3.75. The van der Waals surface area contributed by atoms with Crippen LogP contribution in [-0.2, 0) is 4.79 Å². The minimum absolute atomic E-state index is 0.213.